The summed E-state index contributed by atoms with van der Waals surface area (Å²) in [6, 6.07) is 21.2. The van der Waals surface area contributed by atoms with Crippen molar-refractivity contribution in [1.29, 1.82) is 0 Å². The summed E-state index contributed by atoms with van der Waals surface area (Å²) >= 11 is 0. The van der Waals surface area contributed by atoms with Gasteiger partial charge in [0, 0.05) is 31.8 Å². The smallest absolute Gasteiger partial charge is 0.313 e. The van der Waals surface area contributed by atoms with Crippen LogP contribution in [0.2, 0.25) is 0 Å². The summed E-state index contributed by atoms with van der Waals surface area (Å²) in [4.78, 5) is 59.6. The number of hydrogen-bond donors (Lipinski definition) is 2. The molecule has 10 heteroatoms. The molecule has 2 N–H and O–H groups in total. The maximum absolute atomic E-state index is 14.7. The molecule has 4 aliphatic rings. The number of anilines is 1. The second-order valence-electron chi connectivity index (χ2n) is 12.9. The van der Waals surface area contributed by atoms with E-state index in [0.717, 1.165) is 10.8 Å². The Morgan fingerprint density at radius 3 is 2.50 bits per heavy atom. The van der Waals surface area contributed by atoms with Gasteiger partial charge in [-0.3, -0.25) is 19.2 Å². The highest BCUT2D eigenvalue weighted by Crippen LogP contribution is 2.53. The molecule has 0 radical (unpaired) electrons. The average molecular weight is 650 g/mol. The summed E-state index contributed by atoms with van der Waals surface area (Å²) in [5, 5.41) is 14.7. The van der Waals surface area contributed by atoms with Crippen LogP contribution in [0.4, 0.5) is 5.69 Å². The molecule has 0 saturated carbocycles. The molecule has 0 aliphatic carbocycles. The standard InChI is InChI=1S/C38H39N3O7/c1-24-33(26-12-3-2-4-13-26)47-37(46)31-29(15-7-8-16-30(43)39-24)48-38-19-9-20-40(28-18-17-25-11-5-6-14-27(25)23-28)36(45)34(38)41(21-10-22-42)35(44)32(31)38/h2-7,9,11-15,17-19,23-24,29,31-34,42H,8,10,16,20-22H2,1H3,(H,39,43)/b15-7-/t24-,29-,31+,32+,33+,34-,38+/m1/s1. The van der Waals surface area contributed by atoms with E-state index in [9.17, 15) is 24.3 Å². The number of ether oxygens (including phenoxy) is 2. The number of carbonyl (C=O) groups is 4. The molecule has 0 bridgehead atoms. The van der Waals surface area contributed by atoms with E-state index in [4.69, 9.17) is 9.47 Å². The molecule has 1 spiro atoms. The Labute approximate surface area is 279 Å². The number of likely N-dealkylation sites (tertiary alicyclic amines) is 1. The minimum Gasteiger partial charge on any atom is -0.455 e. The minimum absolute atomic E-state index is 0.116. The van der Waals surface area contributed by atoms with E-state index in [2.05, 4.69) is 5.32 Å². The molecule has 0 aromatic heterocycles. The Balaban J connectivity index is 1.30. The van der Waals surface area contributed by atoms with Crippen LogP contribution in [-0.4, -0.2) is 77.2 Å². The molecule has 3 amide bonds. The van der Waals surface area contributed by atoms with Crippen LogP contribution < -0.4 is 10.2 Å². The third kappa shape index (κ3) is 5.48. The zero-order valence-electron chi connectivity index (χ0n) is 26.7. The molecule has 48 heavy (non-hydrogen) atoms. The third-order valence-corrected chi connectivity index (χ3v) is 9.95. The highest BCUT2D eigenvalue weighted by Gasteiger charge is 2.71. The number of carbonyl (C=O) groups excluding carboxylic acids is 4. The highest BCUT2D eigenvalue weighted by atomic mass is 16.6. The van der Waals surface area contributed by atoms with Crippen LogP contribution >= 0.6 is 0 Å². The maximum Gasteiger partial charge on any atom is 0.313 e. The molecule has 0 unspecified atom stereocenters. The first kappa shape index (κ1) is 31.8. The van der Waals surface area contributed by atoms with E-state index < -0.39 is 53.6 Å². The van der Waals surface area contributed by atoms with Crippen LogP contribution in [0.15, 0.2) is 97.1 Å². The van der Waals surface area contributed by atoms with Crippen molar-refractivity contribution in [2.45, 2.75) is 56.1 Å². The fraction of sp³-hybridized carbons (Fsp3) is 0.368. The normalized spacial score (nSPS) is 31.2. The molecular weight excluding hydrogens is 610 g/mol. The summed E-state index contributed by atoms with van der Waals surface area (Å²) in [6.45, 7) is 1.97. The number of esters is 1. The monoisotopic (exact) mass is 649 g/mol. The van der Waals surface area contributed by atoms with Gasteiger partial charge in [0.1, 0.15) is 23.7 Å². The third-order valence-electron chi connectivity index (χ3n) is 9.95. The zero-order chi connectivity index (χ0) is 33.4. The number of fused-ring (bicyclic) bond motifs is 3. The van der Waals surface area contributed by atoms with E-state index in [1.807, 2.05) is 78.9 Å². The van der Waals surface area contributed by atoms with Crippen LogP contribution in [0.25, 0.3) is 10.8 Å². The van der Waals surface area contributed by atoms with E-state index in [1.54, 1.807) is 30.1 Å². The Morgan fingerprint density at radius 2 is 1.71 bits per heavy atom. The second-order valence-corrected chi connectivity index (χ2v) is 12.9. The lowest BCUT2D eigenvalue weighted by atomic mass is 9.77. The van der Waals surface area contributed by atoms with E-state index in [-0.39, 0.29) is 44.4 Å². The van der Waals surface area contributed by atoms with Crippen molar-refractivity contribution in [2.24, 2.45) is 11.8 Å². The SMILES string of the molecule is C[C@H]1NC(=O)CC/C=C\[C@H]2O[C@]34C=CCN(c5ccc6ccccc6c5)C(=O)[C@H]3N(CCCO)C(=O)[C@@H]4[C@H]2C(=O)O[C@@H]1c1ccccc1. The van der Waals surface area contributed by atoms with Gasteiger partial charge in [-0.05, 0) is 48.2 Å². The molecule has 2 fully saturated rings. The van der Waals surface area contributed by atoms with Crippen molar-refractivity contribution < 1.29 is 33.8 Å². The van der Waals surface area contributed by atoms with Crippen LogP contribution in [-0.2, 0) is 28.7 Å². The lowest BCUT2D eigenvalue weighted by Gasteiger charge is -2.35. The van der Waals surface area contributed by atoms with Gasteiger partial charge in [-0.25, -0.2) is 0 Å². The summed E-state index contributed by atoms with van der Waals surface area (Å²) in [6.07, 6.45) is 6.30. The number of cyclic esters (lactones) is 1. The number of amides is 3. The number of hydrogen-bond acceptors (Lipinski definition) is 7. The number of nitrogens with zero attached hydrogens (tertiary/aromatic N) is 2. The van der Waals surface area contributed by atoms with Crippen LogP contribution in [0.5, 0.6) is 0 Å². The minimum atomic E-state index is -1.46. The predicted molar refractivity (Wildman–Crippen MR) is 178 cm³/mol. The second kappa shape index (κ2) is 13.0. The van der Waals surface area contributed by atoms with Crippen LogP contribution in [0.1, 0.15) is 37.9 Å². The van der Waals surface area contributed by atoms with Crippen molar-refractivity contribution in [3.63, 3.8) is 0 Å². The number of nitrogens with one attached hydrogen (secondary N) is 1. The topological polar surface area (TPSA) is 125 Å². The highest BCUT2D eigenvalue weighted by molar-refractivity contribution is 6.06. The number of aliphatic hydroxyl groups is 1. The van der Waals surface area contributed by atoms with Gasteiger partial charge in [-0.15, -0.1) is 0 Å². The van der Waals surface area contributed by atoms with Gasteiger partial charge in [0.25, 0.3) is 5.91 Å². The van der Waals surface area contributed by atoms with Crippen molar-refractivity contribution in [1.82, 2.24) is 10.2 Å². The van der Waals surface area contributed by atoms with Gasteiger partial charge in [-0.2, -0.15) is 0 Å². The van der Waals surface area contributed by atoms with Crippen LogP contribution in [0.3, 0.4) is 0 Å². The van der Waals surface area contributed by atoms with Gasteiger partial charge in [0.05, 0.1) is 18.1 Å². The predicted octanol–water partition coefficient (Wildman–Crippen LogP) is 3.85. The number of rotatable bonds is 5. The fourth-order valence-electron chi connectivity index (χ4n) is 7.76. The first-order chi connectivity index (χ1) is 23.3. The average Bonchev–Trinajstić information content (AvgIpc) is 3.48. The van der Waals surface area contributed by atoms with Crippen LogP contribution in [0, 0.1) is 11.8 Å². The van der Waals surface area contributed by atoms with Crippen molar-refractivity contribution >= 4 is 40.2 Å². The molecule has 3 aromatic rings. The Kier molecular flexibility index (Phi) is 8.61. The molecular formula is C38H39N3O7. The van der Waals surface area contributed by atoms with Gasteiger partial charge in [0.2, 0.25) is 11.8 Å². The summed E-state index contributed by atoms with van der Waals surface area (Å²) in [5.74, 6) is -3.66. The fourth-order valence-corrected chi connectivity index (χ4v) is 7.76. The largest absolute Gasteiger partial charge is 0.455 e. The number of allylic oxidation sites excluding steroid dienone is 1. The summed E-state index contributed by atoms with van der Waals surface area (Å²) in [5.41, 5.74) is -0.0815. The van der Waals surface area contributed by atoms with Crippen molar-refractivity contribution in [3.05, 3.63) is 103 Å². The Morgan fingerprint density at radius 1 is 0.938 bits per heavy atom. The maximum atomic E-state index is 14.7. The van der Waals surface area contributed by atoms with Gasteiger partial charge in [-0.1, -0.05) is 85.0 Å². The first-order valence-corrected chi connectivity index (χ1v) is 16.6. The van der Waals surface area contributed by atoms with Crippen molar-refractivity contribution in [3.8, 4) is 0 Å². The summed E-state index contributed by atoms with van der Waals surface area (Å²) in [7, 11) is 0. The van der Waals surface area contributed by atoms with Gasteiger partial charge in [0.15, 0.2) is 0 Å². The Hall–Kier alpha value is -4.80. The molecule has 7 atom stereocenters. The quantitative estimate of drug-likeness (QED) is 0.318. The molecule has 3 aromatic carbocycles. The van der Waals surface area contributed by atoms with E-state index in [1.165, 1.54) is 4.90 Å². The number of benzene rings is 3. The summed E-state index contributed by atoms with van der Waals surface area (Å²) < 4.78 is 13.0. The molecule has 248 valence electrons. The van der Waals surface area contributed by atoms with Gasteiger partial charge >= 0.3 is 5.97 Å². The Bertz CT molecular complexity index is 1790. The van der Waals surface area contributed by atoms with Gasteiger partial charge < -0.3 is 29.7 Å². The molecule has 4 aliphatic heterocycles. The van der Waals surface area contributed by atoms with Crippen molar-refractivity contribution in [2.75, 3.05) is 24.6 Å². The lowest BCUT2D eigenvalue weighted by Crippen LogP contribution is -2.55. The molecule has 7 rings (SSSR count). The first-order valence-electron chi connectivity index (χ1n) is 16.6. The molecule has 10 nitrogen and oxygen atoms in total. The van der Waals surface area contributed by atoms with E-state index >= 15 is 0 Å². The number of aliphatic hydroxyl groups excluding tert-OH is 1. The molecule has 4 heterocycles. The van der Waals surface area contributed by atoms with E-state index in [0.29, 0.717) is 17.7 Å². The zero-order valence-corrected chi connectivity index (χ0v) is 26.7. The lowest BCUT2D eigenvalue weighted by molar-refractivity contribution is -0.161. The molecule has 2 saturated heterocycles.